The number of nitrogens with two attached hydrogens (primary N) is 1. The third kappa shape index (κ3) is 2.25. The molecule has 4 heteroatoms. The van der Waals surface area contributed by atoms with Gasteiger partial charge in [0, 0.05) is 36.6 Å². The second-order valence-electron chi connectivity index (χ2n) is 4.92. The van der Waals surface area contributed by atoms with Crippen LogP contribution in [0.4, 0.5) is 5.69 Å². The van der Waals surface area contributed by atoms with Crippen LogP contribution in [0.25, 0.3) is 11.0 Å². The molecule has 0 fully saturated rings. The molecule has 3 rings (SSSR count). The van der Waals surface area contributed by atoms with Crippen LogP contribution in [-0.2, 0) is 13.0 Å². The third-order valence-corrected chi connectivity index (χ3v) is 3.47. The Bertz CT molecular complexity index is 730. The number of fused-ring (bicyclic) bond motifs is 1. The summed E-state index contributed by atoms with van der Waals surface area (Å²) in [5, 5.41) is 0. The highest BCUT2D eigenvalue weighted by Crippen LogP contribution is 2.20. The number of para-hydroxylation sites is 2. The summed E-state index contributed by atoms with van der Waals surface area (Å²) in [6, 6.07) is 10.1. The number of benzene rings is 1. The average Bonchev–Trinajstić information content (AvgIpc) is 2.80. The van der Waals surface area contributed by atoms with E-state index in [9.17, 15) is 0 Å². The van der Waals surface area contributed by atoms with Crippen molar-refractivity contribution in [3.8, 4) is 0 Å². The van der Waals surface area contributed by atoms with Crippen LogP contribution >= 0.6 is 0 Å². The smallest absolute Gasteiger partial charge is 0.114 e. The molecule has 0 spiro atoms. The normalized spacial score (nSPS) is 11.1. The molecule has 0 aliphatic carbocycles. The fourth-order valence-corrected chi connectivity index (χ4v) is 2.49. The molecule has 0 saturated carbocycles. The van der Waals surface area contributed by atoms with E-state index in [4.69, 9.17) is 10.7 Å². The monoisotopic (exact) mass is 266 g/mol. The van der Waals surface area contributed by atoms with Gasteiger partial charge in [0.05, 0.1) is 11.0 Å². The standard InChI is InChI=1S/C16H18N4/c1-2-9-20-15-6-4-3-5-14(15)19-16(20)10-12-11-18-8-7-13(12)17/h3-8,11H,2,9-10H2,1H3,(H2,17,18). The summed E-state index contributed by atoms with van der Waals surface area (Å²) >= 11 is 0. The lowest BCUT2D eigenvalue weighted by atomic mass is 10.1. The molecule has 0 aliphatic rings. The summed E-state index contributed by atoms with van der Waals surface area (Å²) in [5.41, 5.74) is 10.0. The van der Waals surface area contributed by atoms with Gasteiger partial charge in [0.15, 0.2) is 0 Å². The number of rotatable bonds is 4. The first-order chi connectivity index (χ1) is 9.79. The van der Waals surface area contributed by atoms with Crippen molar-refractivity contribution in [2.45, 2.75) is 26.3 Å². The van der Waals surface area contributed by atoms with Gasteiger partial charge in [-0.2, -0.15) is 0 Å². The van der Waals surface area contributed by atoms with Gasteiger partial charge in [-0.25, -0.2) is 4.98 Å². The lowest BCUT2D eigenvalue weighted by Crippen LogP contribution is -2.06. The van der Waals surface area contributed by atoms with Gasteiger partial charge < -0.3 is 10.3 Å². The Kier molecular flexibility index (Phi) is 3.37. The topological polar surface area (TPSA) is 56.7 Å². The minimum absolute atomic E-state index is 0.717. The minimum atomic E-state index is 0.717. The first kappa shape index (κ1) is 12.7. The molecule has 1 aromatic carbocycles. The van der Waals surface area contributed by atoms with Crippen LogP contribution in [0.5, 0.6) is 0 Å². The Morgan fingerprint density at radius 3 is 2.85 bits per heavy atom. The summed E-state index contributed by atoms with van der Waals surface area (Å²) < 4.78 is 2.28. The van der Waals surface area contributed by atoms with Crippen LogP contribution in [0.15, 0.2) is 42.7 Å². The molecule has 2 N–H and O–H groups in total. The molecular formula is C16H18N4. The Hall–Kier alpha value is -2.36. The van der Waals surface area contributed by atoms with Crippen molar-refractivity contribution in [3.63, 3.8) is 0 Å². The van der Waals surface area contributed by atoms with E-state index in [1.807, 2.05) is 18.3 Å². The first-order valence-corrected chi connectivity index (χ1v) is 6.92. The van der Waals surface area contributed by atoms with E-state index in [1.165, 1.54) is 5.52 Å². The lowest BCUT2D eigenvalue weighted by molar-refractivity contribution is 0.664. The molecule has 0 aliphatic heterocycles. The number of anilines is 1. The molecular weight excluding hydrogens is 248 g/mol. The van der Waals surface area contributed by atoms with E-state index >= 15 is 0 Å². The van der Waals surface area contributed by atoms with Gasteiger partial charge in [-0.05, 0) is 24.6 Å². The molecule has 0 amide bonds. The van der Waals surface area contributed by atoms with E-state index in [0.717, 1.165) is 35.6 Å². The van der Waals surface area contributed by atoms with Crippen LogP contribution in [0, 0.1) is 0 Å². The molecule has 4 nitrogen and oxygen atoms in total. The molecule has 0 unspecified atom stereocenters. The zero-order chi connectivity index (χ0) is 13.9. The lowest BCUT2D eigenvalue weighted by Gasteiger charge is -2.08. The van der Waals surface area contributed by atoms with Gasteiger partial charge in [-0.15, -0.1) is 0 Å². The molecule has 102 valence electrons. The molecule has 0 saturated heterocycles. The van der Waals surface area contributed by atoms with E-state index in [-0.39, 0.29) is 0 Å². The summed E-state index contributed by atoms with van der Waals surface area (Å²) in [6.45, 7) is 3.15. The maximum atomic E-state index is 6.01. The number of aromatic nitrogens is 3. The maximum absolute atomic E-state index is 6.01. The van der Waals surface area contributed by atoms with Gasteiger partial charge in [-0.1, -0.05) is 19.1 Å². The van der Waals surface area contributed by atoms with Gasteiger partial charge in [0.2, 0.25) is 0 Å². The average molecular weight is 266 g/mol. The fraction of sp³-hybridized carbons (Fsp3) is 0.250. The van der Waals surface area contributed by atoms with Gasteiger partial charge in [0.25, 0.3) is 0 Å². The van der Waals surface area contributed by atoms with Crippen molar-refractivity contribution in [1.82, 2.24) is 14.5 Å². The highest BCUT2D eigenvalue weighted by atomic mass is 15.1. The number of hydrogen-bond donors (Lipinski definition) is 1. The summed E-state index contributed by atoms with van der Waals surface area (Å²) in [7, 11) is 0. The fourth-order valence-electron chi connectivity index (χ4n) is 2.49. The molecule has 0 atom stereocenters. The molecule has 0 radical (unpaired) electrons. The van der Waals surface area contributed by atoms with E-state index in [1.54, 1.807) is 6.20 Å². The van der Waals surface area contributed by atoms with Gasteiger partial charge in [0.1, 0.15) is 5.82 Å². The van der Waals surface area contributed by atoms with Crippen molar-refractivity contribution >= 4 is 16.7 Å². The Morgan fingerprint density at radius 2 is 2.05 bits per heavy atom. The number of aryl methyl sites for hydroxylation is 1. The van der Waals surface area contributed by atoms with E-state index in [2.05, 4.69) is 34.7 Å². The predicted molar refractivity (Wildman–Crippen MR) is 81.5 cm³/mol. The Labute approximate surface area is 118 Å². The second kappa shape index (κ2) is 5.33. The maximum Gasteiger partial charge on any atom is 0.114 e. The van der Waals surface area contributed by atoms with E-state index < -0.39 is 0 Å². The second-order valence-corrected chi connectivity index (χ2v) is 4.92. The summed E-state index contributed by atoms with van der Waals surface area (Å²) in [6.07, 6.45) is 5.34. The SMILES string of the molecule is CCCn1c(Cc2cnccc2N)nc2ccccc21. The summed E-state index contributed by atoms with van der Waals surface area (Å²) in [4.78, 5) is 8.90. The number of hydrogen-bond acceptors (Lipinski definition) is 3. The van der Waals surface area contributed by atoms with Gasteiger partial charge in [-0.3, -0.25) is 4.98 Å². The highest BCUT2D eigenvalue weighted by Gasteiger charge is 2.11. The summed E-state index contributed by atoms with van der Waals surface area (Å²) in [5.74, 6) is 1.05. The van der Waals surface area contributed by atoms with Crippen LogP contribution in [0.1, 0.15) is 24.7 Å². The first-order valence-electron chi connectivity index (χ1n) is 6.92. The number of nitrogen functional groups attached to an aromatic ring is 1. The van der Waals surface area contributed by atoms with Crippen molar-refractivity contribution in [3.05, 3.63) is 54.1 Å². The van der Waals surface area contributed by atoms with Crippen LogP contribution in [-0.4, -0.2) is 14.5 Å². The zero-order valence-corrected chi connectivity index (χ0v) is 11.6. The molecule has 2 aromatic heterocycles. The zero-order valence-electron chi connectivity index (χ0n) is 11.6. The molecule has 2 heterocycles. The van der Waals surface area contributed by atoms with Gasteiger partial charge >= 0.3 is 0 Å². The van der Waals surface area contributed by atoms with Crippen LogP contribution in [0.2, 0.25) is 0 Å². The largest absolute Gasteiger partial charge is 0.398 e. The highest BCUT2D eigenvalue weighted by molar-refractivity contribution is 5.76. The van der Waals surface area contributed by atoms with Crippen molar-refractivity contribution < 1.29 is 0 Å². The molecule has 20 heavy (non-hydrogen) atoms. The Balaban J connectivity index is 2.06. The molecule has 3 aromatic rings. The van der Waals surface area contributed by atoms with Crippen molar-refractivity contribution in [2.75, 3.05) is 5.73 Å². The van der Waals surface area contributed by atoms with E-state index in [0.29, 0.717) is 6.42 Å². The quantitative estimate of drug-likeness (QED) is 0.789. The van der Waals surface area contributed by atoms with Crippen LogP contribution < -0.4 is 5.73 Å². The minimum Gasteiger partial charge on any atom is -0.398 e. The third-order valence-electron chi connectivity index (χ3n) is 3.47. The Morgan fingerprint density at radius 1 is 1.20 bits per heavy atom. The molecule has 0 bridgehead atoms. The number of nitrogens with zero attached hydrogens (tertiary/aromatic N) is 3. The van der Waals surface area contributed by atoms with Crippen molar-refractivity contribution in [2.24, 2.45) is 0 Å². The van der Waals surface area contributed by atoms with Crippen molar-refractivity contribution in [1.29, 1.82) is 0 Å². The number of pyridine rings is 1. The number of imidazole rings is 1. The van der Waals surface area contributed by atoms with Crippen LogP contribution in [0.3, 0.4) is 0 Å². The predicted octanol–water partition coefficient (Wildman–Crippen LogP) is 3.01.